The summed E-state index contributed by atoms with van der Waals surface area (Å²) in [5.74, 6) is 0.0235. The lowest BCUT2D eigenvalue weighted by atomic mass is 9.57. The van der Waals surface area contributed by atoms with E-state index in [1.165, 1.54) is 0 Å². The summed E-state index contributed by atoms with van der Waals surface area (Å²) in [7, 11) is 0. The van der Waals surface area contributed by atoms with Crippen LogP contribution >= 0.6 is 0 Å². The van der Waals surface area contributed by atoms with E-state index in [1.807, 2.05) is 36.4 Å². The van der Waals surface area contributed by atoms with E-state index in [2.05, 4.69) is 12.1 Å². The molecular formula is C29H32O5. The zero-order chi connectivity index (χ0) is 24.1. The van der Waals surface area contributed by atoms with E-state index in [4.69, 9.17) is 10.2 Å². The first-order chi connectivity index (χ1) is 16.5. The SMILES string of the molecule is OCC=Cc1ccc(O)c(C=CC23CCC(CO)=CC2c2cc(C=CCO)ccc2CC3O)c1. The van der Waals surface area contributed by atoms with Crippen molar-refractivity contribution in [3.63, 3.8) is 0 Å². The fourth-order valence-corrected chi connectivity index (χ4v) is 5.21. The second-order valence-electron chi connectivity index (χ2n) is 9.07. The Bertz CT molecular complexity index is 1140. The molecule has 0 fully saturated rings. The van der Waals surface area contributed by atoms with Crippen LogP contribution in [0.5, 0.6) is 5.75 Å². The zero-order valence-electron chi connectivity index (χ0n) is 19.1. The molecule has 2 aliphatic carbocycles. The minimum Gasteiger partial charge on any atom is -0.507 e. The van der Waals surface area contributed by atoms with Gasteiger partial charge in [-0.25, -0.2) is 0 Å². The lowest BCUT2D eigenvalue weighted by Crippen LogP contribution is -2.45. The van der Waals surface area contributed by atoms with E-state index in [0.717, 1.165) is 27.8 Å². The largest absolute Gasteiger partial charge is 0.507 e. The molecule has 0 spiro atoms. The number of aliphatic hydroxyl groups is 4. The van der Waals surface area contributed by atoms with Crippen LogP contribution in [0.25, 0.3) is 18.2 Å². The Hall–Kier alpha value is -2.96. The number of phenolic OH excluding ortho intramolecular Hbond substituents is 1. The van der Waals surface area contributed by atoms with Crippen molar-refractivity contribution in [1.29, 1.82) is 0 Å². The molecule has 34 heavy (non-hydrogen) atoms. The number of aromatic hydroxyl groups is 1. The fourth-order valence-electron chi connectivity index (χ4n) is 5.21. The Kier molecular flexibility index (Phi) is 7.49. The minimum atomic E-state index is -0.615. The molecule has 178 valence electrons. The van der Waals surface area contributed by atoms with Crippen LogP contribution in [-0.4, -0.2) is 51.5 Å². The van der Waals surface area contributed by atoms with E-state index in [9.17, 15) is 15.3 Å². The van der Waals surface area contributed by atoms with Crippen LogP contribution in [-0.2, 0) is 6.42 Å². The third-order valence-corrected chi connectivity index (χ3v) is 7.06. The maximum Gasteiger partial charge on any atom is 0.122 e. The van der Waals surface area contributed by atoms with Gasteiger partial charge in [0.1, 0.15) is 5.75 Å². The molecule has 0 amide bonds. The van der Waals surface area contributed by atoms with Crippen molar-refractivity contribution in [3.05, 3.63) is 94.1 Å². The van der Waals surface area contributed by atoms with Crippen LogP contribution in [0.15, 0.2) is 66.3 Å². The van der Waals surface area contributed by atoms with Gasteiger partial charge >= 0.3 is 0 Å². The smallest absolute Gasteiger partial charge is 0.122 e. The van der Waals surface area contributed by atoms with Crippen molar-refractivity contribution >= 4 is 18.2 Å². The van der Waals surface area contributed by atoms with Crippen molar-refractivity contribution in [3.8, 4) is 5.75 Å². The van der Waals surface area contributed by atoms with Gasteiger partial charge in [-0.1, -0.05) is 66.8 Å². The molecule has 5 heteroatoms. The maximum absolute atomic E-state index is 11.4. The van der Waals surface area contributed by atoms with Gasteiger partial charge in [-0.05, 0) is 59.2 Å². The van der Waals surface area contributed by atoms with E-state index in [1.54, 1.807) is 30.4 Å². The lowest BCUT2D eigenvalue weighted by Gasteiger charge is -2.48. The number of phenols is 1. The Balaban J connectivity index is 1.79. The molecule has 3 unspecified atom stereocenters. The third kappa shape index (κ3) is 4.79. The van der Waals surface area contributed by atoms with Gasteiger partial charge in [0.2, 0.25) is 0 Å². The third-order valence-electron chi connectivity index (χ3n) is 7.06. The highest BCUT2D eigenvalue weighted by Crippen LogP contribution is 2.54. The van der Waals surface area contributed by atoms with Gasteiger partial charge in [-0.2, -0.15) is 0 Å². The van der Waals surface area contributed by atoms with Gasteiger partial charge < -0.3 is 25.5 Å². The van der Waals surface area contributed by atoms with Gasteiger partial charge in [0, 0.05) is 16.9 Å². The summed E-state index contributed by atoms with van der Waals surface area (Å²) >= 11 is 0. The van der Waals surface area contributed by atoms with Crippen molar-refractivity contribution in [2.75, 3.05) is 19.8 Å². The van der Waals surface area contributed by atoms with Crippen molar-refractivity contribution in [2.24, 2.45) is 5.41 Å². The number of hydrogen-bond acceptors (Lipinski definition) is 5. The monoisotopic (exact) mass is 460 g/mol. The second-order valence-corrected chi connectivity index (χ2v) is 9.07. The number of aliphatic hydroxyl groups excluding tert-OH is 4. The Morgan fingerprint density at radius 2 is 1.62 bits per heavy atom. The van der Waals surface area contributed by atoms with E-state index in [0.29, 0.717) is 24.8 Å². The first kappa shape index (κ1) is 24.2. The molecule has 2 aromatic carbocycles. The number of benzene rings is 2. The minimum absolute atomic E-state index is 0.00808. The molecule has 2 aliphatic rings. The zero-order valence-corrected chi connectivity index (χ0v) is 19.1. The van der Waals surface area contributed by atoms with Gasteiger partial charge in [0.15, 0.2) is 0 Å². The summed E-state index contributed by atoms with van der Waals surface area (Å²) in [6.07, 6.45) is 14.3. The summed E-state index contributed by atoms with van der Waals surface area (Å²) in [4.78, 5) is 0. The van der Waals surface area contributed by atoms with Crippen molar-refractivity contribution in [1.82, 2.24) is 0 Å². The maximum atomic E-state index is 11.4. The summed E-state index contributed by atoms with van der Waals surface area (Å²) in [6.45, 7) is -0.0974. The Morgan fingerprint density at radius 3 is 2.32 bits per heavy atom. The predicted molar refractivity (Wildman–Crippen MR) is 135 cm³/mol. The molecule has 2 aromatic rings. The van der Waals surface area contributed by atoms with Crippen molar-refractivity contribution < 1.29 is 25.5 Å². The van der Waals surface area contributed by atoms with Crippen LogP contribution in [0.4, 0.5) is 0 Å². The van der Waals surface area contributed by atoms with E-state index in [-0.39, 0.29) is 31.5 Å². The Labute approximate surface area is 200 Å². The normalized spacial score (nSPS) is 24.5. The molecule has 5 nitrogen and oxygen atoms in total. The van der Waals surface area contributed by atoms with E-state index < -0.39 is 11.5 Å². The summed E-state index contributed by atoms with van der Waals surface area (Å²) in [5.41, 5.74) is 5.07. The van der Waals surface area contributed by atoms with Crippen LogP contribution < -0.4 is 0 Å². The molecule has 0 radical (unpaired) electrons. The van der Waals surface area contributed by atoms with Gasteiger partial charge in [0.05, 0.1) is 25.9 Å². The standard InChI is InChI=1S/C29H32O5/c30-13-1-3-20-6-8-27(33)24(15-20)10-12-29-11-9-22(19-32)17-26(29)25-16-21(4-2-14-31)5-7-23(25)18-28(29)34/h1-8,10,12,15-17,26,28,30-34H,9,11,13-14,18-19H2. The highest BCUT2D eigenvalue weighted by Gasteiger charge is 2.48. The van der Waals surface area contributed by atoms with E-state index >= 15 is 0 Å². The summed E-state index contributed by atoms with van der Waals surface area (Å²) < 4.78 is 0. The number of fused-ring (bicyclic) bond motifs is 3. The number of hydrogen-bond donors (Lipinski definition) is 5. The van der Waals surface area contributed by atoms with Crippen LogP contribution in [0, 0.1) is 5.41 Å². The molecule has 0 aliphatic heterocycles. The van der Waals surface area contributed by atoms with Gasteiger partial charge in [0.25, 0.3) is 0 Å². The van der Waals surface area contributed by atoms with Gasteiger partial charge in [-0.3, -0.25) is 0 Å². The molecule has 0 bridgehead atoms. The van der Waals surface area contributed by atoms with Crippen LogP contribution in [0.2, 0.25) is 0 Å². The Morgan fingerprint density at radius 1 is 0.912 bits per heavy atom. The van der Waals surface area contributed by atoms with Crippen LogP contribution in [0.3, 0.4) is 0 Å². The summed E-state index contributed by atoms with van der Waals surface area (Å²) in [6, 6.07) is 11.4. The quantitative estimate of drug-likeness (QED) is 0.405. The fraction of sp³-hybridized carbons (Fsp3) is 0.310. The lowest BCUT2D eigenvalue weighted by molar-refractivity contribution is 0.0292. The predicted octanol–water partition coefficient (Wildman–Crippen LogP) is 3.82. The van der Waals surface area contributed by atoms with Gasteiger partial charge in [-0.15, -0.1) is 0 Å². The highest BCUT2D eigenvalue weighted by atomic mass is 16.3. The molecule has 3 atom stereocenters. The molecule has 0 saturated carbocycles. The highest BCUT2D eigenvalue weighted by molar-refractivity contribution is 5.64. The average Bonchev–Trinajstić information content (AvgIpc) is 2.86. The topological polar surface area (TPSA) is 101 Å². The molecule has 0 heterocycles. The molecule has 5 N–H and O–H groups in total. The first-order valence-corrected chi connectivity index (χ1v) is 11.7. The molecule has 0 saturated heterocycles. The van der Waals surface area contributed by atoms with Crippen LogP contribution in [0.1, 0.15) is 46.6 Å². The first-order valence-electron chi connectivity index (χ1n) is 11.7. The molecule has 0 aromatic heterocycles. The number of rotatable bonds is 7. The molecule has 4 rings (SSSR count). The summed E-state index contributed by atoms with van der Waals surface area (Å²) in [5, 5.41) is 49.9. The number of allylic oxidation sites excluding steroid dienone is 1. The average molecular weight is 461 g/mol. The second kappa shape index (κ2) is 10.5. The van der Waals surface area contributed by atoms with Crippen molar-refractivity contribution in [2.45, 2.75) is 31.3 Å². The molecular weight excluding hydrogens is 428 g/mol.